The van der Waals surface area contributed by atoms with Crippen LogP contribution < -0.4 is 4.90 Å². The van der Waals surface area contributed by atoms with Crippen LogP contribution in [0.5, 0.6) is 0 Å². The zero-order valence-electron chi connectivity index (χ0n) is 10.8. The maximum Gasteiger partial charge on any atom is 0.129 e. The Kier molecular flexibility index (Phi) is 3.44. The largest absolute Gasteiger partial charge is 0.351 e. The van der Waals surface area contributed by atoms with E-state index in [0.29, 0.717) is 11.9 Å². The minimum atomic E-state index is 0.492. The van der Waals surface area contributed by atoms with Gasteiger partial charge in [-0.1, -0.05) is 6.07 Å². The standard InChI is InChI=1S/C14H20ClN3/c1-11-9-17-7-3-5-13(17)10-18(11)14-6-2-4-12(8-15)16-14/h2,4,6,11,13H,3,5,7-10H2,1H3. The van der Waals surface area contributed by atoms with E-state index in [2.05, 4.69) is 33.8 Å². The van der Waals surface area contributed by atoms with E-state index in [1.165, 1.54) is 19.4 Å². The number of halogens is 1. The van der Waals surface area contributed by atoms with Gasteiger partial charge in [0.25, 0.3) is 0 Å². The lowest BCUT2D eigenvalue weighted by Gasteiger charge is -2.43. The van der Waals surface area contributed by atoms with Gasteiger partial charge in [-0.25, -0.2) is 4.98 Å². The third-order valence-corrected chi connectivity index (χ3v) is 4.43. The van der Waals surface area contributed by atoms with Crippen LogP contribution in [0.15, 0.2) is 18.2 Å². The quantitative estimate of drug-likeness (QED) is 0.766. The van der Waals surface area contributed by atoms with Crippen LogP contribution in [0.4, 0.5) is 5.82 Å². The highest BCUT2D eigenvalue weighted by Gasteiger charge is 2.34. The lowest BCUT2D eigenvalue weighted by Crippen LogP contribution is -2.55. The van der Waals surface area contributed by atoms with Gasteiger partial charge in [-0.05, 0) is 38.4 Å². The third-order valence-electron chi connectivity index (χ3n) is 4.16. The Morgan fingerprint density at radius 1 is 1.39 bits per heavy atom. The van der Waals surface area contributed by atoms with E-state index in [-0.39, 0.29) is 0 Å². The Bertz CT molecular complexity index is 423. The molecule has 3 nitrogen and oxygen atoms in total. The Labute approximate surface area is 114 Å². The molecule has 2 aliphatic heterocycles. The van der Waals surface area contributed by atoms with Crippen LogP contribution in [0.3, 0.4) is 0 Å². The average Bonchev–Trinajstić information content (AvgIpc) is 2.85. The van der Waals surface area contributed by atoms with Crippen LogP contribution in [0.2, 0.25) is 0 Å². The van der Waals surface area contributed by atoms with Crippen LogP contribution in [0.25, 0.3) is 0 Å². The fourth-order valence-electron chi connectivity index (χ4n) is 3.21. The number of anilines is 1. The van der Waals surface area contributed by atoms with Crippen molar-refractivity contribution in [3.8, 4) is 0 Å². The Hall–Kier alpha value is -0.800. The molecule has 0 aliphatic carbocycles. The molecule has 18 heavy (non-hydrogen) atoms. The first-order valence-corrected chi connectivity index (χ1v) is 7.34. The number of piperazine rings is 1. The average molecular weight is 266 g/mol. The van der Waals surface area contributed by atoms with Crippen molar-refractivity contribution in [1.82, 2.24) is 9.88 Å². The lowest BCUT2D eigenvalue weighted by molar-refractivity contribution is 0.202. The third kappa shape index (κ3) is 2.21. The molecule has 0 amide bonds. The molecule has 0 saturated carbocycles. The van der Waals surface area contributed by atoms with Gasteiger partial charge in [0, 0.05) is 25.2 Å². The van der Waals surface area contributed by atoms with Gasteiger partial charge in [-0.2, -0.15) is 0 Å². The van der Waals surface area contributed by atoms with Crippen molar-refractivity contribution in [3.05, 3.63) is 23.9 Å². The van der Waals surface area contributed by atoms with Crippen molar-refractivity contribution in [2.24, 2.45) is 0 Å². The van der Waals surface area contributed by atoms with Crippen molar-refractivity contribution in [3.63, 3.8) is 0 Å². The van der Waals surface area contributed by atoms with Crippen LogP contribution in [-0.2, 0) is 5.88 Å². The highest BCUT2D eigenvalue weighted by Crippen LogP contribution is 2.27. The maximum atomic E-state index is 5.87. The first-order valence-electron chi connectivity index (χ1n) is 6.80. The van der Waals surface area contributed by atoms with Gasteiger partial charge >= 0.3 is 0 Å². The molecule has 1 aromatic rings. The number of hydrogen-bond acceptors (Lipinski definition) is 3. The van der Waals surface area contributed by atoms with E-state index in [1.54, 1.807) is 0 Å². The Morgan fingerprint density at radius 2 is 2.28 bits per heavy atom. The molecular weight excluding hydrogens is 246 g/mol. The topological polar surface area (TPSA) is 19.4 Å². The molecule has 3 heterocycles. The Balaban J connectivity index is 1.81. The minimum Gasteiger partial charge on any atom is -0.351 e. The van der Waals surface area contributed by atoms with E-state index in [1.807, 2.05) is 6.07 Å². The predicted molar refractivity (Wildman–Crippen MR) is 75.2 cm³/mol. The molecule has 0 bridgehead atoms. The van der Waals surface area contributed by atoms with Gasteiger partial charge in [-0.3, -0.25) is 4.90 Å². The van der Waals surface area contributed by atoms with Gasteiger partial charge in [0.2, 0.25) is 0 Å². The molecule has 2 unspecified atom stereocenters. The lowest BCUT2D eigenvalue weighted by atomic mass is 10.1. The van der Waals surface area contributed by atoms with Crippen LogP contribution in [0, 0.1) is 0 Å². The normalized spacial score (nSPS) is 28.4. The molecule has 98 valence electrons. The molecule has 0 N–H and O–H groups in total. The SMILES string of the molecule is CC1CN2CCCC2CN1c1cccc(CCl)n1. The molecule has 0 aromatic carbocycles. The summed E-state index contributed by atoms with van der Waals surface area (Å²) in [4.78, 5) is 9.73. The van der Waals surface area contributed by atoms with Crippen LogP contribution in [0.1, 0.15) is 25.5 Å². The molecule has 3 rings (SSSR count). The van der Waals surface area contributed by atoms with Crippen molar-refractivity contribution >= 4 is 17.4 Å². The van der Waals surface area contributed by atoms with E-state index in [9.17, 15) is 0 Å². The van der Waals surface area contributed by atoms with E-state index in [0.717, 1.165) is 30.6 Å². The second-order valence-corrected chi connectivity index (χ2v) is 5.68. The molecule has 2 fully saturated rings. The summed E-state index contributed by atoms with van der Waals surface area (Å²) >= 11 is 5.87. The summed E-state index contributed by atoms with van der Waals surface area (Å²) in [6.45, 7) is 5.85. The van der Waals surface area contributed by atoms with Gasteiger partial charge in [0.1, 0.15) is 5.82 Å². The number of nitrogens with zero attached hydrogens (tertiary/aromatic N) is 3. The molecule has 4 heteroatoms. The second kappa shape index (κ2) is 5.06. The highest BCUT2D eigenvalue weighted by atomic mass is 35.5. The summed E-state index contributed by atoms with van der Waals surface area (Å²) in [6, 6.07) is 7.43. The van der Waals surface area contributed by atoms with E-state index < -0.39 is 0 Å². The van der Waals surface area contributed by atoms with E-state index >= 15 is 0 Å². The number of fused-ring (bicyclic) bond motifs is 1. The highest BCUT2D eigenvalue weighted by molar-refractivity contribution is 6.16. The zero-order valence-corrected chi connectivity index (χ0v) is 11.6. The summed E-state index contributed by atoms with van der Waals surface area (Å²) in [5, 5.41) is 0. The van der Waals surface area contributed by atoms with Crippen LogP contribution in [-0.4, -0.2) is 41.6 Å². The molecular formula is C14H20ClN3. The Morgan fingerprint density at radius 3 is 3.11 bits per heavy atom. The monoisotopic (exact) mass is 265 g/mol. The summed E-state index contributed by atoms with van der Waals surface area (Å²) in [7, 11) is 0. The summed E-state index contributed by atoms with van der Waals surface area (Å²) in [5.41, 5.74) is 0.968. The van der Waals surface area contributed by atoms with Crippen LogP contribution >= 0.6 is 11.6 Å². The molecule has 2 saturated heterocycles. The molecule has 1 aromatic heterocycles. The maximum absolute atomic E-state index is 5.87. The fraction of sp³-hybridized carbons (Fsp3) is 0.643. The summed E-state index contributed by atoms with van der Waals surface area (Å²) in [6.07, 6.45) is 2.68. The fourth-order valence-corrected chi connectivity index (χ4v) is 3.36. The van der Waals surface area contributed by atoms with Crippen molar-refractivity contribution < 1.29 is 0 Å². The number of pyridine rings is 1. The van der Waals surface area contributed by atoms with Crippen molar-refractivity contribution in [2.45, 2.75) is 37.7 Å². The first-order chi connectivity index (χ1) is 8.78. The smallest absolute Gasteiger partial charge is 0.129 e. The molecule has 2 atom stereocenters. The number of aromatic nitrogens is 1. The van der Waals surface area contributed by atoms with Gasteiger partial charge in [0.05, 0.1) is 11.6 Å². The van der Waals surface area contributed by atoms with E-state index in [4.69, 9.17) is 11.6 Å². The second-order valence-electron chi connectivity index (χ2n) is 5.41. The molecule has 0 spiro atoms. The van der Waals surface area contributed by atoms with Crippen molar-refractivity contribution in [1.29, 1.82) is 0 Å². The summed E-state index contributed by atoms with van der Waals surface area (Å²) in [5.74, 6) is 1.58. The molecule has 2 aliphatic rings. The predicted octanol–water partition coefficient (Wildman–Crippen LogP) is 2.49. The van der Waals surface area contributed by atoms with Gasteiger partial charge in [-0.15, -0.1) is 11.6 Å². The van der Waals surface area contributed by atoms with Gasteiger partial charge in [0.15, 0.2) is 0 Å². The molecule has 0 radical (unpaired) electrons. The van der Waals surface area contributed by atoms with Crippen molar-refractivity contribution in [2.75, 3.05) is 24.5 Å². The minimum absolute atomic E-state index is 0.492. The summed E-state index contributed by atoms with van der Waals surface area (Å²) < 4.78 is 0. The van der Waals surface area contributed by atoms with Gasteiger partial charge < -0.3 is 4.90 Å². The number of rotatable bonds is 2. The number of hydrogen-bond donors (Lipinski definition) is 0. The first kappa shape index (κ1) is 12.2. The number of alkyl halides is 1. The zero-order chi connectivity index (χ0) is 12.5.